The molecule has 2 N–H and O–H groups in total. The fourth-order valence-electron chi connectivity index (χ4n) is 4.16. The number of carboxylic acids is 1. The molecule has 32 heavy (non-hydrogen) atoms. The molecule has 2 aliphatic heterocycles. The molecule has 1 aromatic rings. The number of likely N-dealkylation sites (tertiary alicyclic amines) is 1. The van der Waals surface area contributed by atoms with Crippen LogP contribution in [0, 0.1) is 17.8 Å². The highest BCUT2D eigenvalue weighted by atomic mass is 19.4. The molecule has 1 spiro atoms. The van der Waals surface area contributed by atoms with Gasteiger partial charge in [-0.1, -0.05) is 6.92 Å². The van der Waals surface area contributed by atoms with E-state index in [0.717, 1.165) is 39.0 Å². The Morgan fingerprint density at radius 1 is 1.28 bits per heavy atom. The van der Waals surface area contributed by atoms with Gasteiger partial charge in [0.2, 0.25) is 5.91 Å². The van der Waals surface area contributed by atoms with E-state index in [9.17, 15) is 22.8 Å². The lowest BCUT2D eigenvalue weighted by atomic mass is 9.78. The minimum absolute atomic E-state index is 0.0662. The van der Waals surface area contributed by atoms with Gasteiger partial charge in [-0.05, 0) is 43.2 Å². The van der Waals surface area contributed by atoms with Crippen molar-refractivity contribution in [3.05, 3.63) is 30.1 Å². The Balaban J connectivity index is 0.000000360. The maximum atomic E-state index is 12.3. The van der Waals surface area contributed by atoms with Crippen molar-refractivity contribution in [2.75, 3.05) is 26.2 Å². The smallest absolute Gasteiger partial charge is 0.475 e. The molecule has 3 aliphatic rings. The van der Waals surface area contributed by atoms with Gasteiger partial charge in [-0.15, -0.1) is 0 Å². The number of amides is 2. The number of hydrogen-bond acceptors (Lipinski definition) is 5. The van der Waals surface area contributed by atoms with Gasteiger partial charge < -0.3 is 20.1 Å². The summed E-state index contributed by atoms with van der Waals surface area (Å²) >= 11 is 0. The number of aliphatic carboxylic acids is 1. The summed E-state index contributed by atoms with van der Waals surface area (Å²) in [7, 11) is 0. The van der Waals surface area contributed by atoms with Crippen LogP contribution < -0.4 is 5.32 Å². The zero-order chi connectivity index (χ0) is 23.5. The number of ether oxygens (including phenoxy) is 1. The summed E-state index contributed by atoms with van der Waals surface area (Å²) in [4.78, 5) is 39.2. The van der Waals surface area contributed by atoms with Crippen LogP contribution in [-0.2, 0) is 14.3 Å². The molecule has 3 fully saturated rings. The lowest BCUT2D eigenvalue weighted by molar-refractivity contribution is -0.192. The summed E-state index contributed by atoms with van der Waals surface area (Å²) in [6.07, 6.45) is 1.09. The second kappa shape index (κ2) is 9.43. The van der Waals surface area contributed by atoms with Gasteiger partial charge in [0.05, 0.1) is 13.1 Å². The zero-order valence-corrected chi connectivity index (χ0v) is 17.6. The number of alkyl halides is 3. The van der Waals surface area contributed by atoms with Crippen molar-refractivity contribution in [1.82, 2.24) is 15.2 Å². The first-order valence-electron chi connectivity index (χ1n) is 10.4. The van der Waals surface area contributed by atoms with Crippen molar-refractivity contribution in [3.63, 3.8) is 0 Å². The van der Waals surface area contributed by atoms with Crippen LogP contribution in [0.5, 0.6) is 0 Å². The van der Waals surface area contributed by atoms with Crippen LogP contribution in [0.4, 0.5) is 13.2 Å². The third kappa shape index (κ3) is 5.56. The Hall–Kier alpha value is -2.69. The fraction of sp³-hybridized carbons (Fsp3) is 0.619. The van der Waals surface area contributed by atoms with E-state index in [0.29, 0.717) is 29.9 Å². The molecule has 0 aromatic carbocycles. The zero-order valence-electron chi connectivity index (χ0n) is 17.6. The van der Waals surface area contributed by atoms with Crippen molar-refractivity contribution in [2.24, 2.45) is 17.8 Å². The lowest BCUT2D eigenvalue weighted by Gasteiger charge is -2.50. The quantitative estimate of drug-likeness (QED) is 0.701. The van der Waals surface area contributed by atoms with E-state index in [2.05, 4.69) is 17.2 Å². The van der Waals surface area contributed by atoms with E-state index in [1.807, 2.05) is 4.90 Å². The molecule has 3 heterocycles. The molecular formula is C21H26F3N3O5. The summed E-state index contributed by atoms with van der Waals surface area (Å²) in [5, 5.41) is 10.1. The Bertz CT molecular complexity index is 843. The fourth-order valence-corrected chi connectivity index (χ4v) is 4.16. The normalized spacial score (nSPS) is 25.4. The summed E-state index contributed by atoms with van der Waals surface area (Å²) in [6.45, 7) is 4.96. The molecule has 8 nitrogen and oxygen atoms in total. The van der Waals surface area contributed by atoms with Crippen molar-refractivity contribution in [1.29, 1.82) is 0 Å². The van der Waals surface area contributed by atoms with Gasteiger partial charge in [-0.2, -0.15) is 13.2 Å². The molecule has 3 atom stereocenters. The number of aromatic nitrogens is 1. The third-order valence-electron chi connectivity index (χ3n) is 6.22. The number of hydrogen-bond donors (Lipinski definition) is 2. The van der Waals surface area contributed by atoms with E-state index in [-0.39, 0.29) is 17.4 Å². The highest BCUT2D eigenvalue weighted by Crippen LogP contribution is 2.45. The number of pyridine rings is 1. The maximum Gasteiger partial charge on any atom is 0.490 e. The van der Waals surface area contributed by atoms with Gasteiger partial charge in [0.25, 0.3) is 5.91 Å². The van der Waals surface area contributed by atoms with Crippen LogP contribution in [-0.4, -0.2) is 70.8 Å². The van der Waals surface area contributed by atoms with Crippen LogP contribution in [0.2, 0.25) is 0 Å². The van der Waals surface area contributed by atoms with Gasteiger partial charge >= 0.3 is 12.1 Å². The van der Waals surface area contributed by atoms with Crippen molar-refractivity contribution >= 4 is 17.8 Å². The average molecular weight is 457 g/mol. The second-order valence-corrected chi connectivity index (χ2v) is 8.50. The van der Waals surface area contributed by atoms with Gasteiger partial charge in [0, 0.05) is 37.0 Å². The average Bonchev–Trinajstić information content (AvgIpc) is 3.29. The molecule has 2 saturated heterocycles. The summed E-state index contributed by atoms with van der Waals surface area (Å²) < 4.78 is 37.8. The minimum Gasteiger partial charge on any atom is -0.475 e. The van der Waals surface area contributed by atoms with Crippen molar-refractivity contribution < 1.29 is 37.4 Å². The predicted octanol–water partition coefficient (Wildman–Crippen LogP) is 2.11. The molecule has 0 radical (unpaired) electrons. The summed E-state index contributed by atoms with van der Waals surface area (Å²) in [5.74, 6) is -1.31. The number of carbonyl (C=O) groups is 3. The van der Waals surface area contributed by atoms with Crippen LogP contribution in [0.3, 0.4) is 0 Å². The molecule has 11 heteroatoms. The number of carbonyl (C=O) groups excluding carboxylic acids is 2. The molecule has 1 aliphatic carbocycles. The Morgan fingerprint density at radius 2 is 1.88 bits per heavy atom. The molecule has 4 rings (SSSR count). The number of nitrogens with one attached hydrogen (secondary N) is 1. The largest absolute Gasteiger partial charge is 0.490 e. The van der Waals surface area contributed by atoms with E-state index in [1.54, 1.807) is 24.5 Å². The first kappa shape index (κ1) is 24.0. The van der Waals surface area contributed by atoms with Crippen LogP contribution in [0.1, 0.15) is 36.5 Å². The number of halogens is 3. The Kier molecular flexibility index (Phi) is 7.06. The van der Waals surface area contributed by atoms with E-state index in [4.69, 9.17) is 14.6 Å². The van der Waals surface area contributed by atoms with E-state index < -0.39 is 12.1 Å². The first-order valence-corrected chi connectivity index (χ1v) is 10.4. The van der Waals surface area contributed by atoms with Gasteiger partial charge in [0.15, 0.2) is 0 Å². The van der Waals surface area contributed by atoms with Crippen LogP contribution >= 0.6 is 0 Å². The summed E-state index contributed by atoms with van der Waals surface area (Å²) in [5.41, 5.74) is 0.459. The topological polar surface area (TPSA) is 109 Å². The number of nitrogens with zero attached hydrogens (tertiary/aromatic N) is 2. The monoisotopic (exact) mass is 457 g/mol. The van der Waals surface area contributed by atoms with E-state index >= 15 is 0 Å². The van der Waals surface area contributed by atoms with E-state index in [1.165, 1.54) is 0 Å². The Morgan fingerprint density at radius 3 is 2.41 bits per heavy atom. The Labute approximate surface area is 183 Å². The van der Waals surface area contributed by atoms with Crippen LogP contribution in [0.25, 0.3) is 0 Å². The summed E-state index contributed by atoms with van der Waals surface area (Å²) in [6, 6.07) is 3.42. The highest BCUT2D eigenvalue weighted by molar-refractivity contribution is 5.93. The van der Waals surface area contributed by atoms with Gasteiger partial charge in [0.1, 0.15) is 5.60 Å². The molecule has 2 amide bonds. The maximum absolute atomic E-state index is 12.3. The molecule has 1 saturated carbocycles. The lowest BCUT2D eigenvalue weighted by Crippen LogP contribution is -2.66. The number of carboxylic acid groups (broad SMARTS) is 1. The van der Waals surface area contributed by atoms with Gasteiger partial charge in [-0.3, -0.25) is 14.6 Å². The minimum atomic E-state index is -5.08. The number of rotatable bonds is 5. The third-order valence-corrected chi connectivity index (χ3v) is 6.22. The molecule has 176 valence electrons. The van der Waals surface area contributed by atoms with Crippen molar-refractivity contribution in [2.45, 2.75) is 38.0 Å². The van der Waals surface area contributed by atoms with Crippen LogP contribution in [0.15, 0.2) is 24.5 Å². The molecule has 0 bridgehead atoms. The standard InChI is InChI=1S/C19H25N3O3.C2HF3O2/c1-13-10-16(13)18(24)22-11-19(12-22)15(5-9-25-19)4-8-21-17(23)14-2-6-20-7-3-14;3-2(4,5)1(6)7/h2-3,6-7,13,15-16H,4-5,8-12H2,1H3,(H,21,23);(H,6,7). The first-order chi connectivity index (χ1) is 15.0. The molecule has 1 aromatic heterocycles. The molecular weight excluding hydrogens is 431 g/mol. The second-order valence-electron chi connectivity index (χ2n) is 8.50. The van der Waals surface area contributed by atoms with Crippen molar-refractivity contribution in [3.8, 4) is 0 Å². The SMILES string of the molecule is CC1CC1C(=O)N1CC2(C1)OCCC2CCNC(=O)c1ccncc1.O=C(O)C(F)(F)F. The predicted molar refractivity (Wildman–Crippen MR) is 106 cm³/mol. The van der Waals surface area contributed by atoms with Gasteiger partial charge in [-0.25, -0.2) is 4.79 Å². The highest BCUT2D eigenvalue weighted by Gasteiger charge is 2.56. The molecule has 3 unspecified atom stereocenters.